The van der Waals surface area contributed by atoms with E-state index in [1.54, 1.807) is 0 Å². The van der Waals surface area contributed by atoms with Crippen LogP contribution in [0.15, 0.2) is 0 Å². The van der Waals surface area contributed by atoms with Gasteiger partial charge in [-0.15, -0.1) is 0 Å². The molecule has 0 aromatic rings. The number of hydrogen-bond acceptors (Lipinski definition) is 3. The summed E-state index contributed by atoms with van der Waals surface area (Å²) in [5.74, 6) is 1.09. The van der Waals surface area contributed by atoms with Crippen molar-refractivity contribution in [3.05, 3.63) is 0 Å². The van der Waals surface area contributed by atoms with Gasteiger partial charge in [0.25, 0.3) is 0 Å². The third-order valence-electron chi connectivity index (χ3n) is 4.52. The van der Waals surface area contributed by atoms with E-state index in [9.17, 15) is 4.79 Å². The lowest BCUT2D eigenvalue weighted by atomic mass is 9.92. The molecule has 0 bridgehead atoms. The van der Waals surface area contributed by atoms with Gasteiger partial charge in [0.05, 0.1) is 0 Å². The Balaban J connectivity index is 1.67. The van der Waals surface area contributed by atoms with E-state index in [0.29, 0.717) is 11.9 Å². The van der Waals surface area contributed by atoms with E-state index >= 15 is 0 Å². The quantitative estimate of drug-likeness (QED) is 0.826. The van der Waals surface area contributed by atoms with Gasteiger partial charge in [-0.25, -0.2) is 0 Å². The van der Waals surface area contributed by atoms with E-state index in [-0.39, 0.29) is 5.41 Å². The van der Waals surface area contributed by atoms with Crippen molar-refractivity contribution in [1.82, 2.24) is 15.5 Å². The van der Waals surface area contributed by atoms with Crippen LogP contribution in [0, 0.1) is 11.3 Å². The molecule has 1 unspecified atom stereocenters. The fourth-order valence-corrected chi connectivity index (χ4v) is 3.19. The maximum absolute atomic E-state index is 12.2. The maximum Gasteiger partial charge on any atom is 0.227 e. The minimum atomic E-state index is -0.242. The first-order valence-corrected chi connectivity index (χ1v) is 8.20. The Morgan fingerprint density at radius 3 is 2.50 bits per heavy atom. The van der Waals surface area contributed by atoms with E-state index in [0.717, 1.165) is 44.9 Å². The molecule has 2 aliphatic heterocycles. The summed E-state index contributed by atoms with van der Waals surface area (Å²) < 4.78 is 0. The lowest BCUT2D eigenvalue weighted by Crippen LogP contribution is -2.49. The Hall–Kier alpha value is -0.610. The number of carbonyl (C=O) groups excluding carboxylic acids is 1. The van der Waals surface area contributed by atoms with Crippen LogP contribution in [0.2, 0.25) is 0 Å². The van der Waals surface area contributed by atoms with E-state index in [1.165, 1.54) is 19.4 Å². The highest BCUT2D eigenvalue weighted by Gasteiger charge is 2.30. The Kier molecular flexibility index (Phi) is 5.44. The number of nitrogens with one attached hydrogen (secondary N) is 2. The van der Waals surface area contributed by atoms with Gasteiger partial charge in [-0.3, -0.25) is 4.79 Å². The van der Waals surface area contributed by atoms with Gasteiger partial charge in [0.15, 0.2) is 0 Å². The van der Waals surface area contributed by atoms with Gasteiger partial charge in [-0.2, -0.15) is 0 Å². The molecule has 4 nitrogen and oxygen atoms in total. The fourth-order valence-electron chi connectivity index (χ4n) is 3.19. The molecule has 1 atom stereocenters. The van der Waals surface area contributed by atoms with Crippen molar-refractivity contribution in [3.8, 4) is 0 Å². The third kappa shape index (κ3) is 4.45. The van der Waals surface area contributed by atoms with Crippen LogP contribution >= 0.6 is 0 Å². The smallest absolute Gasteiger partial charge is 0.227 e. The van der Waals surface area contributed by atoms with Crippen LogP contribution in [0.4, 0.5) is 0 Å². The zero-order valence-corrected chi connectivity index (χ0v) is 13.4. The summed E-state index contributed by atoms with van der Waals surface area (Å²) in [5.41, 5.74) is -0.242. The standard InChI is InChI=1S/C16H31N3O/c1-16(2,3)15(20)19-9-6-14(7-10-19)18-12-13-5-4-8-17-11-13/h13-14,17-18H,4-12H2,1-3H3. The van der Waals surface area contributed by atoms with Crippen molar-refractivity contribution in [3.63, 3.8) is 0 Å². The molecule has 20 heavy (non-hydrogen) atoms. The van der Waals surface area contributed by atoms with Crippen LogP contribution in [-0.4, -0.2) is 49.6 Å². The Morgan fingerprint density at radius 2 is 1.95 bits per heavy atom. The van der Waals surface area contributed by atoms with Gasteiger partial charge < -0.3 is 15.5 Å². The molecule has 1 amide bonds. The van der Waals surface area contributed by atoms with E-state index in [4.69, 9.17) is 0 Å². The number of carbonyl (C=O) groups is 1. The molecule has 2 heterocycles. The summed E-state index contributed by atoms with van der Waals surface area (Å²) in [4.78, 5) is 14.3. The average molecular weight is 281 g/mol. The highest BCUT2D eigenvalue weighted by molar-refractivity contribution is 5.81. The molecular weight excluding hydrogens is 250 g/mol. The predicted molar refractivity (Wildman–Crippen MR) is 82.7 cm³/mol. The summed E-state index contributed by atoms with van der Waals surface area (Å²) in [6, 6.07) is 0.598. The molecule has 2 fully saturated rings. The maximum atomic E-state index is 12.2. The van der Waals surface area contributed by atoms with Crippen molar-refractivity contribution < 1.29 is 4.79 Å². The van der Waals surface area contributed by atoms with Gasteiger partial charge in [0, 0.05) is 24.5 Å². The first-order chi connectivity index (χ1) is 9.47. The number of piperidine rings is 2. The number of likely N-dealkylation sites (tertiary alicyclic amines) is 1. The molecular formula is C16H31N3O. The SMILES string of the molecule is CC(C)(C)C(=O)N1CCC(NCC2CCCNC2)CC1. The number of rotatable bonds is 3. The highest BCUT2D eigenvalue weighted by atomic mass is 16.2. The average Bonchev–Trinajstić information content (AvgIpc) is 2.45. The molecule has 0 saturated carbocycles. The van der Waals surface area contributed by atoms with Gasteiger partial charge in [-0.05, 0) is 51.2 Å². The first-order valence-electron chi connectivity index (χ1n) is 8.20. The zero-order valence-electron chi connectivity index (χ0n) is 13.4. The van der Waals surface area contributed by atoms with E-state index in [1.807, 2.05) is 25.7 Å². The lowest BCUT2D eigenvalue weighted by Gasteiger charge is -2.36. The Labute approximate surface area is 123 Å². The van der Waals surface area contributed by atoms with Gasteiger partial charge in [0.2, 0.25) is 5.91 Å². The molecule has 0 aromatic heterocycles. The van der Waals surface area contributed by atoms with Crippen LogP contribution in [0.3, 0.4) is 0 Å². The summed E-state index contributed by atoms with van der Waals surface area (Å²) in [6.07, 6.45) is 4.86. The molecule has 2 aliphatic rings. The van der Waals surface area contributed by atoms with Crippen LogP contribution < -0.4 is 10.6 Å². The second-order valence-electron chi connectivity index (χ2n) is 7.44. The fraction of sp³-hybridized carbons (Fsp3) is 0.938. The lowest BCUT2D eigenvalue weighted by molar-refractivity contribution is -0.140. The summed E-state index contributed by atoms with van der Waals surface area (Å²) in [7, 11) is 0. The minimum absolute atomic E-state index is 0.242. The molecule has 0 radical (unpaired) electrons. The van der Waals surface area contributed by atoms with Crippen molar-refractivity contribution in [2.24, 2.45) is 11.3 Å². The summed E-state index contributed by atoms with van der Waals surface area (Å²) >= 11 is 0. The van der Waals surface area contributed by atoms with Gasteiger partial charge in [-0.1, -0.05) is 20.8 Å². The van der Waals surface area contributed by atoms with Gasteiger partial charge >= 0.3 is 0 Å². The summed E-state index contributed by atoms with van der Waals surface area (Å²) in [5, 5.41) is 7.18. The molecule has 2 rings (SSSR count). The van der Waals surface area contributed by atoms with Crippen LogP contribution in [0.1, 0.15) is 46.5 Å². The summed E-state index contributed by atoms with van der Waals surface area (Å²) in [6.45, 7) is 11.3. The topological polar surface area (TPSA) is 44.4 Å². The zero-order chi connectivity index (χ0) is 14.6. The number of nitrogens with zero attached hydrogens (tertiary/aromatic N) is 1. The van der Waals surface area contributed by atoms with Crippen molar-refractivity contribution >= 4 is 5.91 Å². The van der Waals surface area contributed by atoms with Crippen molar-refractivity contribution in [2.45, 2.75) is 52.5 Å². The second-order valence-corrected chi connectivity index (χ2v) is 7.44. The first kappa shape index (κ1) is 15.8. The Morgan fingerprint density at radius 1 is 1.25 bits per heavy atom. The monoisotopic (exact) mass is 281 g/mol. The molecule has 2 N–H and O–H groups in total. The molecule has 116 valence electrons. The second kappa shape index (κ2) is 6.90. The minimum Gasteiger partial charge on any atom is -0.342 e. The Bertz CT molecular complexity index is 310. The largest absolute Gasteiger partial charge is 0.342 e. The molecule has 2 saturated heterocycles. The van der Waals surface area contributed by atoms with Crippen LogP contribution in [-0.2, 0) is 4.79 Å². The van der Waals surface area contributed by atoms with E-state index < -0.39 is 0 Å². The van der Waals surface area contributed by atoms with Crippen LogP contribution in [0.25, 0.3) is 0 Å². The van der Waals surface area contributed by atoms with Crippen molar-refractivity contribution in [1.29, 1.82) is 0 Å². The normalized spacial score (nSPS) is 25.8. The molecule has 0 aliphatic carbocycles. The number of hydrogen-bond donors (Lipinski definition) is 2. The van der Waals surface area contributed by atoms with Crippen molar-refractivity contribution in [2.75, 3.05) is 32.7 Å². The molecule has 0 aromatic carbocycles. The number of amides is 1. The third-order valence-corrected chi connectivity index (χ3v) is 4.52. The van der Waals surface area contributed by atoms with Gasteiger partial charge in [0.1, 0.15) is 0 Å². The molecule has 4 heteroatoms. The van der Waals surface area contributed by atoms with E-state index in [2.05, 4.69) is 10.6 Å². The van der Waals surface area contributed by atoms with Crippen LogP contribution in [0.5, 0.6) is 0 Å². The predicted octanol–water partition coefficient (Wildman–Crippen LogP) is 1.61. The molecule has 0 spiro atoms. The highest BCUT2D eigenvalue weighted by Crippen LogP contribution is 2.21.